The molecular weight excluding hydrogens is 236 g/mol. The topological polar surface area (TPSA) is 65.2 Å². The first-order valence-electron chi connectivity index (χ1n) is 5.09. The van der Waals surface area contributed by atoms with Gasteiger partial charge in [-0.15, -0.1) is 11.3 Å². The molecule has 0 saturated heterocycles. The number of nitrogens with two attached hydrogens (primary N) is 1. The molecule has 2 heterocycles. The Balaban J connectivity index is 1.99. The van der Waals surface area contributed by atoms with Crippen molar-refractivity contribution < 1.29 is 9.53 Å². The number of anilines is 1. The fraction of sp³-hybridized carbons (Fsp3) is 0.167. The summed E-state index contributed by atoms with van der Waals surface area (Å²) in [7, 11) is 0. The molecule has 0 aliphatic carbocycles. The zero-order chi connectivity index (χ0) is 12.3. The molecule has 0 atom stereocenters. The highest BCUT2D eigenvalue weighted by molar-refractivity contribution is 7.12. The normalized spacial score (nSPS) is 10.2. The summed E-state index contributed by atoms with van der Waals surface area (Å²) in [6.45, 7) is 2.06. The molecule has 0 fully saturated rings. The fourth-order valence-electron chi connectivity index (χ4n) is 1.37. The second-order valence-electron chi connectivity index (χ2n) is 3.55. The second-order valence-corrected chi connectivity index (χ2v) is 4.47. The summed E-state index contributed by atoms with van der Waals surface area (Å²) in [6.07, 6.45) is 0. The highest BCUT2D eigenvalue weighted by Crippen LogP contribution is 2.20. The maximum Gasteiger partial charge on any atom is 0.350 e. The molecule has 0 bridgehead atoms. The van der Waals surface area contributed by atoms with Crippen LogP contribution in [0.1, 0.15) is 21.1 Å². The first-order valence-corrected chi connectivity index (χ1v) is 5.97. The predicted molar refractivity (Wildman–Crippen MR) is 66.8 cm³/mol. The van der Waals surface area contributed by atoms with Crippen molar-refractivity contribution in [2.24, 2.45) is 0 Å². The Bertz CT molecular complexity index is 537. The lowest BCUT2D eigenvalue weighted by atomic mass is 10.3. The van der Waals surface area contributed by atoms with E-state index in [1.165, 1.54) is 11.3 Å². The van der Waals surface area contributed by atoms with E-state index >= 15 is 0 Å². The van der Waals surface area contributed by atoms with Gasteiger partial charge in [0.05, 0.1) is 11.4 Å². The van der Waals surface area contributed by atoms with Crippen molar-refractivity contribution in [3.8, 4) is 0 Å². The average Bonchev–Trinajstić information content (AvgIpc) is 2.72. The Morgan fingerprint density at radius 2 is 2.29 bits per heavy atom. The summed E-state index contributed by atoms with van der Waals surface area (Å²) in [5.74, 6) is -0.402. The SMILES string of the molecule is Cc1cccc(COC(=O)c2sccc2N)n1. The molecule has 0 aromatic carbocycles. The number of ether oxygens (including phenoxy) is 1. The third-order valence-corrected chi connectivity index (χ3v) is 3.09. The van der Waals surface area contributed by atoms with E-state index in [-0.39, 0.29) is 6.61 Å². The van der Waals surface area contributed by atoms with Crippen molar-refractivity contribution in [3.63, 3.8) is 0 Å². The molecule has 0 spiro atoms. The predicted octanol–water partition coefficient (Wildman–Crippen LogP) is 2.39. The van der Waals surface area contributed by atoms with Gasteiger partial charge in [0.25, 0.3) is 0 Å². The number of aromatic nitrogens is 1. The van der Waals surface area contributed by atoms with E-state index < -0.39 is 5.97 Å². The van der Waals surface area contributed by atoms with Crippen LogP contribution in [0.5, 0.6) is 0 Å². The molecule has 0 aliphatic rings. The Morgan fingerprint density at radius 3 is 2.94 bits per heavy atom. The van der Waals surface area contributed by atoms with Gasteiger partial charge >= 0.3 is 5.97 Å². The highest BCUT2D eigenvalue weighted by atomic mass is 32.1. The smallest absolute Gasteiger partial charge is 0.350 e. The average molecular weight is 248 g/mol. The van der Waals surface area contributed by atoms with Crippen LogP contribution < -0.4 is 5.73 Å². The number of thiophene rings is 1. The zero-order valence-electron chi connectivity index (χ0n) is 9.34. The van der Waals surface area contributed by atoms with Crippen LogP contribution in [0.25, 0.3) is 0 Å². The summed E-state index contributed by atoms with van der Waals surface area (Å²) < 4.78 is 5.14. The van der Waals surface area contributed by atoms with Crippen molar-refractivity contribution in [2.45, 2.75) is 13.5 Å². The Kier molecular flexibility index (Phi) is 3.39. The Hall–Kier alpha value is -1.88. The standard InChI is InChI=1S/C12H12N2O2S/c1-8-3-2-4-9(14-8)7-16-12(15)11-10(13)5-6-17-11/h2-6H,7,13H2,1H3. The third kappa shape index (κ3) is 2.82. The summed E-state index contributed by atoms with van der Waals surface area (Å²) in [6, 6.07) is 7.28. The molecule has 88 valence electrons. The molecule has 4 nitrogen and oxygen atoms in total. The number of hydrogen-bond acceptors (Lipinski definition) is 5. The van der Waals surface area contributed by atoms with E-state index in [1.807, 2.05) is 25.1 Å². The van der Waals surface area contributed by atoms with Gasteiger partial charge in [-0.05, 0) is 30.5 Å². The zero-order valence-corrected chi connectivity index (χ0v) is 10.2. The number of rotatable bonds is 3. The van der Waals surface area contributed by atoms with Crippen LogP contribution >= 0.6 is 11.3 Å². The second kappa shape index (κ2) is 4.97. The van der Waals surface area contributed by atoms with Gasteiger partial charge in [0.15, 0.2) is 0 Å². The lowest BCUT2D eigenvalue weighted by molar-refractivity contribution is 0.0474. The molecule has 0 radical (unpaired) electrons. The largest absolute Gasteiger partial charge is 0.455 e. The third-order valence-electron chi connectivity index (χ3n) is 2.18. The van der Waals surface area contributed by atoms with Crippen LogP contribution in [0.3, 0.4) is 0 Å². The van der Waals surface area contributed by atoms with Gasteiger partial charge in [-0.1, -0.05) is 6.07 Å². The number of hydrogen-bond donors (Lipinski definition) is 1. The van der Waals surface area contributed by atoms with Gasteiger partial charge in [-0.2, -0.15) is 0 Å². The maximum absolute atomic E-state index is 11.7. The molecule has 0 aliphatic heterocycles. The van der Waals surface area contributed by atoms with Gasteiger partial charge in [-0.25, -0.2) is 4.79 Å². The summed E-state index contributed by atoms with van der Waals surface area (Å²) in [5, 5.41) is 1.76. The molecule has 17 heavy (non-hydrogen) atoms. The number of pyridine rings is 1. The van der Waals surface area contributed by atoms with Gasteiger partial charge in [0.2, 0.25) is 0 Å². The van der Waals surface area contributed by atoms with Crippen LogP contribution in [-0.4, -0.2) is 11.0 Å². The van der Waals surface area contributed by atoms with Crippen LogP contribution in [0.4, 0.5) is 5.69 Å². The number of nitrogen functional groups attached to an aromatic ring is 1. The van der Waals surface area contributed by atoms with Crippen molar-refractivity contribution in [1.82, 2.24) is 4.98 Å². The van der Waals surface area contributed by atoms with E-state index in [1.54, 1.807) is 11.4 Å². The van der Waals surface area contributed by atoms with Crippen molar-refractivity contribution >= 4 is 23.0 Å². The van der Waals surface area contributed by atoms with Gasteiger partial charge < -0.3 is 10.5 Å². The first-order chi connectivity index (χ1) is 8.16. The van der Waals surface area contributed by atoms with Crippen molar-refractivity contribution in [1.29, 1.82) is 0 Å². The number of nitrogens with zero attached hydrogens (tertiary/aromatic N) is 1. The lowest BCUT2D eigenvalue weighted by Gasteiger charge is -2.04. The van der Waals surface area contributed by atoms with E-state index in [9.17, 15) is 4.79 Å². The summed E-state index contributed by atoms with van der Waals surface area (Å²) in [5.41, 5.74) is 7.71. The number of carbonyl (C=O) groups is 1. The molecule has 2 aromatic heterocycles. The lowest BCUT2D eigenvalue weighted by Crippen LogP contribution is -2.06. The number of esters is 1. The summed E-state index contributed by atoms with van der Waals surface area (Å²) >= 11 is 1.28. The molecule has 2 aromatic rings. The van der Waals surface area contributed by atoms with Crippen LogP contribution in [-0.2, 0) is 11.3 Å². The Morgan fingerprint density at radius 1 is 1.47 bits per heavy atom. The molecule has 0 saturated carbocycles. The minimum Gasteiger partial charge on any atom is -0.455 e. The van der Waals surface area contributed by atoms with Crippen LogP contribution in [0.15, 0.2) is 29.6 Å². The van der Waals surface area contributed by atoms with Crippen LogP contribution in [0, 0.1) is 6.92 Å². The van der Waals surface area contributed by atoms with E-state index in [2.05, 4.69) is 4.98 Å². The molecular formula is C12H12N2O2S. The number of aryl methyl sites for hydroxylation is 1. The molecule has 0 amide bonds. The van der Waals surface area contributed by atoms with Gasteiger partial charge in [0.1, 0.15) is 11.5 Å². The monoisotopic (exact) mass is 248 g/mol. The van der Waals surface area contributed by atoms with Gasteiger partial charge in [0, 0.05) is 5.69 Å². The Labute approximate surface area is 103 Å². The van der Waals surface area contributed by atoms with E-state index in [0.717, 1.165) is 11.4 Å². The van der Waals surface area contributed by atoms with Crippen LogP contribution in [0.2, 0.25) is 0 Å². The summed E-state index contributed by atoms with van der Waals surface area (Å²) in [4.78, 5) is 16.4. The molecule has 2 rings (SSSR count). The van der Waals surface area contributed by atoms with E-state index in [4.69, 9.17) is 10.5 Å². The number of carbonyl (C=O) groups excluding carboxylic acids is 1. The molecule has 2 N–H and O–H groups in total. The van der Waals surface area contributed by atoms with Crippen molar-refractivity contribution in [3.05, 3.63) is 45.9 Å². The quantitative estimate of drug-likeness (QED) is 0.847. The van der Waals surface area contributed by atoms with Crippen molar-refractivity contribution in [2.75, 3.05) is 5.73 Å². The minimum atomic E-state index is -0.402. The fourth-order valence-corrected chi connectivity index (χ4v) is 2.08. The highest BCUT2D eigenvalue weighted by Gasteiger charge is 2.12. The van der Waals surface area contributed by atoms with Gasteiger partial charge in [-0.3, -0.25) is 4.98 Å². The molecule has 5 heteroatoms. The molecule has 0 unspecified atom stereocenters. The first kappa shape index (κ1) is 11.6. The maximum atomic E-state index is 11.7. The minimum absolute atomic E-state index is 0.165. The van der Waals surface area contributed by atoms with E-state index in [0.29, 0.717) is 10.6 Å².